The first-order valence-electron chi connectivity index (χ1n) is 9.88. The Hall–Kier alpha value is -1.23. The number of halogens is 3. The number of anilines is 1. The summed E-state index contributed by atoms with van der Waals surface area (Å²) < 4.78 is 1.86. The zero-order valence-electron chi connectivity index (χ0n) is 17.7. The van der Waals surface area contributed by atoms with Crippen LogP contribution < -0.4 is 15.5 Å². The summed E-state index contributed by atoms with van der Waals surface area (Å²) in [5.41, 5.74) is 2.15. The van der Waals surface area contributed by atoms with Gasteiger partial charge in [-0.3, -0.25) is 4.99 Å². The van der Waals surface area contributed by atoms with Gasteiger partial charge in [-0.2, -0.15) is 0 Å². The van der Waals surface area contributed by atoms with Crippen LogP contribution in [0, 0.1) is 0 Å². The Morgan fingerprint density at radius 2 is 1.83 bits per heavy atom. The number of piperazine rings is 1. The molecule has 3 heterocycles. The number of hydrogen-bond acceptors (Lipinski definition) is 4. The van der Waals surface area contributed by atoms with Crippen molar-refractivity contribution in [3.05, 3.63) is 45.8 Å². The molecule has 30 heavy (non-hydrogen) atoms. The first-order valence-corrected chi connectivity index (χ1v) is 10.6. The molecule has 1 saturated heterocycles. The summed E-state index contributed by atoms with van der Waals surface area (Å²) in [6.45, 7) is 8.77. The third-order valence-electron chi connectivity index (χ3n) is 5.29. The minimum atomic E-state index is 0. The van der Waals surface area contributed by atoms with E-state index in [-0.39, 0.29) is 24.0 Å². The van der Waals surface area contributed by atoms with Crippen molar-refractivity contribution in [3.8, 4) is 0 Å². The van der Waals surface area contributed by atoms with Crippen LogP contribution >= 0.6 is 47.2 Å². The van der Waals surface area contributed by atoms with Crippen molar-refractivity contribution >= 4 is 59.0 Å². The number of likely N-dealkylation sites (N-methyl/N-ethyl adjacent to an activating group) is 1. The number of aliphatic imine (C=N–C) groups is 1. The summed E-state index contributed by atoms with van der Waals surface area (Å²) in [6.07, 6.45) is 1.88. The molecule has 0 amide bonds. The number of aromatic nitrogens is 2. The van der Waals surface area contributed by atoms with Crippen LogP contribution in [0.15, 0.2) is 29.4 Å². The monoisotopic (exact) mass is 565 g/mol. The van der Waals surface area contributed by atoms with Crippen molar-refractivity contribution in [3.63, 3.8) is 0 Å². The molecule has 1 aliphatic heterocycles. The lowest BCUT2D eigenvalue weighted by atomic mass is 10.2. The molecule has 2 aromatic rings. The highest BCUT2D eigenvalue weighted by molar-refractivity contribution is 14.0. The van der Waals surface area contributed by atoms with E-state index in [0.29, 0.717) is 29.2 Å². The van der Waals surface area contributed by atoms with Gasteiger partial charge in [0.2, 0.25) is 0 Å². The fourth-order valence-corrected chi connectivity index (χ4v) is 3.79. The third-order valence-corrected chi connectivity index (χ3v) is 6.13. The van der Waals surface area contributed by atoms with E-state index in [1.54, 1.807) is 7.05 Å². The van der Waals surface area contributed by atoms with Crippen molar-refractivity contribution in [2.75, 3.05) is 44.7 Å². The van der Waals surface area contributed by atoms with E-state index in [0.717, 1.165) is 44.2 Å². The first-order chi connectivity index (χ1) is 14.0. The van der Waals surface area contributed by atoms with Gasteiger partial charge >= 0.3 is 0 Å². The molecule has 166 valence electrons. The molecule has 2 N–H and O–H groups in total. The number of guanidine groups is 1. The molecule has 0 spiro atoms. The predicted molar refractivity (Wildman–Crippen MR) is 136 cm³/mol. The summed E-state index contributed by atoms with van der Waals surface area (Å²) in [4.78, 5) is 13.7. The SMILES string of the molecule is CCN1CCN(c2cc(CNC(=NC)NCc3cc(Cl)c(Cl)n3C)ccn2)CC1.I. The summed E-state index contributed by atoms with van der Waals surface area (Å²) in [5.74, 6) is 1.75. The van der Waals surface area contributed by atoms with Crippen molar-refractivity contribution < 1.29 is 0 Å². The molecule has 3 rings (SSSR count). The maximum Gasteiger partial charge on any atom is 0.191 e. The molecule has 0 saturated carbocycles. The zero-order valence-corrected chi connectivity index (χ0v) is 21.5. The molecule has 0 atom stereocenters. The van der Waals surface area contributed by atoms with E-state index >= 15 is 0 Å². The predicted octanol–water partition coefficient (Wildman–Crippen LogP) is 3.35. The fourth-order valence-electron chi connectivity index (χ4n) is 3.38. The molecule has 10 heteroatoms. The van der Waals surface area contributed by atoms with Gasteiger partial charge in [-0.15, -0.1) is 24.0 Å². The molecule has 0 aromatic carbocycles. The standard InChI is InChI=1S/C20H29Cl2N7.HI/c1-4-28-7-9-29(10-8-28)18-11-15(5-6-24-18)13-25-20(23-2)26-14-16-12-17(21)19(22)27(16)3;/h5-6,11-12H,4,7-10,13-14H2,1-3H3,(H2,23,25,26);1H. The Balaban J connectivity index is 0.00000320. The first kappa shape index (κ1) is 25.0. The van der Waals surface area contributed by atoms with Gasteiger partial charge in [0.1, 0.15) is 11.0 Å². The van der Waals surface area contributed by atoms with Crippen molar-refractivity contribution in [1.29, 1.82) is 0 Å². The lowest BCUT2D eigenvalue weighted by Gasteiger charge is -2.34. The van der Waals surface area contributed by atoms with Crippen LogP contribution in [0.1, 0.15) is 18.2 Å². The van der Waals surface area contributed by atoms with Crippen LogP contribution in [0.2, 0.25) is 10.2 Å². The Morgan fingerprint density at radius 1 is 1.13 bits per heavy atom. The van der Waals surface area contributed by atoms with Crippen LogP contribution in [-0.4, -0.2) is 60.2 Å². The van der Waals surface area contributed by atoms with Gasteiger partial charge in [-0.1, -0.05) is 30.1 Å². The van der Waals surface area contributed by atoms with Gasteiger partial charge in [0, 0.05) is 58.7 Å². The van der Waals surface area contributed by atoms with Gasteiger partial charge in [-0.25, -0.2) is 4.98 Å². The van der Waals surface area contributed by atoms with Crippen LogP contribution in [0.4, 0.5) is 5.82 Å². The summed E-state index contributed by atoms with van der Waals surface area (Å²) in [6, 6.07) is 6.04. The Morgan fingerprint density at radius 3 is 2.43 bits per heavy atom. The second-order valence-electron chi connectivity index (χ2n) is 7.06. The molecule has 7 nitrogen and oxygen atoms in total. The highest BCUT2D eigenvalue weighted by Gasteiger charge is 2.17. The van der Waals surface area contributed by atoms with Gasteiger partial charge in [0.15, 0.2) is 5.96 Å². The van der Waals surface area contributed by atoms with Crippen molar-refractivity contribution in [2.45, 2.75) is 20.0 Å². The molecule has 0 bridgehead atoms. The summed E-state index contributed by atoms with van der Waals surface area (Å²) in [5, 5.41) is 7.74. The Labute approximate surface area is 205 Å². The lowest BCUT2D eigenvalue weighted by molar-refractivity contribution is 0.270. The second-order valence-corrected chi connectivity index (χ2v) is 7.82. The van der Waals surface area contributed by atoms with Crippen LogP contribution in [0.3, 0.4) is 0 Å². The highest BCUT2D eigenvalue weighted by Crippen LogP contribution is 2.24. The van der Waals surface area contributed by atoms with E-state index in [2.05, 4.69) is 43.4 Å². The van der Waals surface area contributed by atoms with E-state index in [1.165, 1.54) is 5.56 Å². The summed E-state index contributed by atoms with van der Waals surface area (Å²) in [7, 11) is 3.64. The minimum absolute atomic E-state index is 0. The van der Waals surface area contributed by atoms with Crippen LogP contribution in [0.25, 0.3) is 0 Å². The fraction of sp³-hybridized carbons (Fsp3) is 0.500. The number of hydrogen-bond donors (Lipinski definition) is 2. The van der Waals surface area contributed by atoms with Gasteiger partial charge in [0.05, 0.1) is 11.6 Å². The maximum atomic E-state index is 6.13. The summed E-state index contributed by atoms with van der Waals surface area (Å²) >= 11 is 12.2. The van der Waals surface area contributed by atoms with Crippen LogP contribution in [-0.2, 0) is 20.1 Å². The maximum absolute atomic E-state index is 6.13. The Kier molecular flexibility index (Phi) is 9.99. The smallest absolute Gasteiger partial charge is 0.191 e. The third kappa shape index (κ3) is 6.38. The number of rotatable bonds is 6. The van der Waals surface area contributed by atoms with E-state index in [4.69, 9.17) is 23.2 Å². The molecule has 0 aliphatic carbocycles. The van der Waals surface area contributed by atoms with E-state index in [1.807, 2.05) is 29.9 Å². The molecule has 0 unspecified atom stereocenters. The van der Waals surface area contributed by atoms with Gasteiger partial charge in [-0.05, 0) is 30.3 Å². The molecule has 1 fully saturated rings. The van der Waals surface area contributed by atoms with Crippen molar-refractivity contribution in [1.82, 2.24) is 25.1 Å². The quantitative estimate of drug-likeness (QED) is 0.319. The minimum Gasteiger partial charge on any atom is -0.354 e. The molecular formula is C20H30Cl2IN7. The normalized spacial score (nSPS) is 15.1. The lowest BCUT2D eigenvalue weighted by Crippen LogP contribution is -2.46. The van der Waals surface area contributed by atoms with Crippen LogP contribution in [0.5, 0.6) is 0 Å². The molecule has 2 aromatic heterocycles. The highest BCUT2D eigenvalue weighted by atomic mass is 127. The topological polar surface area (TPSA) is 60.7 Å². The number of nitrogens with one attached hydrogen (secondary N) is 2. The number of pyridine rings is 1. The Bertz CT molecular complexity index is 848. The average molecular weight is 566 g/mol. The van der Waals surface area contributed by atoms with Gasteiger partial charge in [0.25, 0.3) is 0 Å². The molecule has 0 radical (unpaired) electrons. The van der Waals surface area contributed by atoms with Gasteiger partial charge < -0.3 is 25.0 Å². The zero-order chi connectivity index (χ0) is 20.8. The molecular weight excluding hydrogens is 536 g/mol. The second kappa shape index (κ2) is 12.0. The average Bonchev–Trinajstić information content (AvgIpc) is 3.01. The molecule has 1 aliphatic rings. The van der Waals surface area contributed by atoms with E-state index < -0.39 is 0 Å². The van der Waals surface area contributed by atoms with E-state index in [9.17, 15) is 0 Å². The largest absolute Gasteiger partial charge is 0.354 e. The number of nitrogens with zero attached hydrogens (tertiary/aromatic N) is 5. The van der Waals surface area contributed by atoms with Crippen molar-refractivity contribution in [2.24, 2.45) is 12.0 Å².